The summed E-state index contributed by atoms with van der Waals surface area (Å²) in [4.78, 5) is 0. The molecule has 0 unspecified atom stereocenters. The average Bonchev–Trinajstić information content (AvgIpc) is 2.36. The van der Waals surface area contributed by atoms with Gasteiger partial charge in [0, 0.05) is 30.3 Å². The fourth-order valence-corrected chi connectivity index (χ4v) is 1.16. The van der Waals surface area contributed by atoms with Crippen LogP contribution < -0.4 is 0 Å². The lowest BCUT2D eigenvalue weighted by Crippen LogP contribution is -1.49. The standard InChI is InChI=1S/C11H9/c1-2-6-11-8-4-3-7-10(5-1)9-11/h1-9H/q+1. The largest absolute Gasteiger partial charge is 0.0726 e. The summed E-state index contributed by atoms with van der Waals surface area (Å²) in [7, 11) is 0. The van der Waals surface area contributed by atoms with E-state index in [0.717, 1.165) is 0 Å². The molecule has 0 amide bonds. The van der Waals surface area contributed by atoms with Gasteiger partial charge in [0.2, 0.25) is 0 Å². The molecule has 0 aliphatic rings. The SMILES string of the molecule is c1ccc2ccccc(c1)[cH+]2. The Balaban J connectivity index is 2.94. The highest BCUT2D eigenvalue weighted by atomic mass is 13.9. The van der Waals surface area contributed by atoms with Gasteiger partial charge < -0.3 is 0 Å². The Hall–Kier alpha value is -1.43. The van der Waals surface area contributed by atoms with E-state index in [-0.39, 0.29) is 0 Å². The summed E-state index contributed by atoms with van der Waals surface area (Å²) in [5, 5.41) is 2.52. The summed E-state index contributed by atoms with van der Waals surface area (Å²) >= 11 is 0. The molecule has 52 valence electrons. The van der Waals surface area contributed by atoms with Crippen molar-refractivity contribution in [2.24, 2.45) is 0 Å². The molecule has 2 rings (SSSR count). The highest BCUT2D eigenvalue weighted by molar-refractivity contribution is 5.65. The number of fused-ring (bicyclic) bond motifs is 2. The van der Waals surface area contributed by atoms with Gasteiger partial charge in [-0.15, -0.1) is 0 Å². The maximum Gasteiger partial charge on any atom is 0.0726 e. The second-order valence-corrected chi connectivity index (χ2v) is 2.58. The third-order valence-corrected chi connectivity index (χ3v) is 1.71. The summed E-state index contributed by atoms with van der Waals surface area (Å²) < 4.78 is 0. The molecule has 0 N–H and O–H groups in total. The number of rotatable bonds is 0. The van der Waals surface area contributed by atoms with Gasteiger partial charge in [-0.05, 0) is 24.3 Å². The zero-order valence-electron chi connectivity index (χ0n) is 6.20. The molecule has 0 saturated carbocycles. The minimum absolute atomic E-state index is 1.26. The zero-order chi connectivity index (χ0) is 7.52. The maximum absolute atomic E-state index is 2.17. The van der Waals surface area contributed by atoms with Gasteiger partial charge in [0.15, 0.2) is 0 Å². The second-order valence-electron chi connectivity index (χ2n) is 2.58. The van der Waals surface area contributed by atoms with E-state index >= 15 is 0 Å². The van der Waals surface area contributed by atoms with Gasteiger partial charge in [-0.3, -0.25) is 0 Å². The Labute approximate surface area is 66.1 Å². The first-order valence-electron chi connectivity index (χ1n) is 3.73. The van der Waals surface area contributed by atoms with Gasteiger partial charge in [-0.2, -0.15) is 0 Å². The maximum atomic E-state index is 2.17. The molecule has 0 fully saturated rings. The van der Waals surface area contributed by atoms with Crippen molar-refractivity contribution in [2.75, 3.05) is 0 Å². The van der Waals surface area contributed by atoms with Crippen LogP contribution in [-0.2, 0) is 0 Å². The molecule has 0 atom stereocenters. The van der Waals surface area contributed by atoms with Crippen LogP contribution in [0.4, 0.5) is 0 Å². The molecular weight excluding hydrogens is 132 g/mol. The Morgan fingerprint density at radius 3 is 1.36 bits per heavy atom. The highest BCUT2D eigenvalue weighted by Crippen LogP contribution is 2.06. The quantitative estimate of drug-likeness (QED) is 0.494. The third kappa shape index (κ3) is 1.35. The van der Waals surface area contributed by atoms with E-state index < -0.39 is 0 Å². The lowest BCUT2D eigenvalue weighted by molar-refractivity contribution is 1.85. The molecule has 2 bridgehead atoms. The molecule has 0 aromatic heterocycles. The predicted molar refractivity (Wildman–Crippen MR) is 48.4 cm³/mol. The van der Waals surface area contributed by atoms with Crippen molar-refractivity contribution < 1.29 is 0 Å². The Kier molecular flexibility index (Phi) is 1.53. The molecule has 0 aliphatic carbocycles. The van der Waals surface area contributed by atoms with Gasteiger partial charge in [0.1, 0.15) is 0 Å². The Morgan fingerprint density at radius 1 is 0.636 bits per heavy atom. The average molecular weight is 141 g/mol. The van der Waals surface area contributed by atoms with Crippen molar-refractivity contribution in [1.82, 2.24) is 0 Å². The molecule has 0 spiro atoms. The minimum Gasteiger partial charge on any atom is -0.0198 e. The first-order valence-corrected chi connectivity index (χ1v) is 3.73. The second kappa shape index (κ2) is 2.67. The fourth-order valence-electron chi connectivity index (χ4n) is 1.16. The minimum atomic E-state index is 1.26. The number of hydrogen-bond acceptors (Lipinski definition) is 0. The van der Waals surface area contributed by atoms with Gasteiger partial charge in [-0.1, -0.05) is 0 Å². The summed E-state index contributed by atoms with van der Waals surface area (Å²) in [5.74, 6) is 0. The molecular formula is C11H9+. The van der Waals surface area contributed by atoms with E-state index in [1.807, 2.05) is 0 Å². The monoisotopic (exact) mass is 141 g/mol. The van der Waals surface area contributed by atoms with Crippen LogP contribution in [0.25, 0.3) is 10.8 Å². The van der Waals surface area contributed by atoms with E-state index in [0.29, 0.717) is 0 Å². The summed E-state index contributed by atoms with van der Waals surface area (Å²) in [6.07, 6.45) is 0. The van der Waals surface area contributed by atoms with Crippen LogP contribution in [0, 0.1) is 0 Å². The van der Waals surface area contributed by atoms with Gasteiger partial charge in [0.05, 0.1) is 10.8 Å². The van der Waals surface area contributed by atoms with E-state index in [2.05, 4.69) is 54.6 Å². The van der Waals surface area contributed by atoms with Gasteiger partial charge in [-0.25, -0.2) is 0 Å². The van der Waals surface area contributed by atoms with E-state index in [1.54, 1.807) is 0 Å². The lowest BCUT2D eigenvalue weighted by Gasteiger charge is -1.66. The Morgan fingerprint density at radius 2 is 1.00 bits per heavy atom. The van der Waals surface area contributed by atoms with Crippen molar-refractivity contribution >= 4 is 10.8 Å². The van der Waals surface area contributed by atoms with E-state index in [9.17, 15) is 0 Å². The third-order valence-electron chi connectivity index (χ3n) is 1.71. The molecule has 2 aromatic carbocycles. The molecule has 0 heteroatoms. The van der Waals surface area contributed by atoms with E-state index in [1.165, 1.54) is 10.8 Å². The van der Waals surface area contributed by atoms with Crippen molar-refractivity contribution in [3.05, 3.63) is 54.6 Å². The van der Waals surface area contributed by atoms with Crippen LogP contribution in [0.2, 0.25) is 0 Å². The molecule has 2 aromatic rings. The molecule has 0 heterocycles. The first kappa shape index (κ1) is 6.29. The molecule has 0 nitrogen and oxygen atoms in total. The molecule has 0 aliphatic heterocycles. The van der Waals surface area contributed by atoms with Crippen LogP contribution in [0.5, 0.6) is 0 Å². The normalized spacial score (nSPS) is 9.82. The van der Waals surface area contributed by atoms with Crippen LogP contribution in [0.15, 0.2) is 54.6 Å². The van der Waals surface area contributed by atoms with Crippen molar-refractivity contribution in [3.8, 4) is 0 Å². The smallest absolute Gasteiger partial charge is 0.0198 e. The van der Waals surface area contributed by atoms with Gasteiger partial charge >= 0.3 is 0 Å². The van der Waals surface area contributed by atoms with Crippen LogP contribution >= 0.6 is 0 Å². The van der Waals surface area contributed by atoms with Crippen molar-refractivity contribution in [3.63, 3.8) is 0 Å². The highest BCUT2D eigenvalue weighted by Gasteiger charge is 1.88. The van der Waals surface area contributed by atoms with Crippen LogP contribution in [0.3, 0.4) is 0 Å². The summed E-state index contributed by atoms with van der Waals surface area (Å²) in [6.45, 7) is 0. The first-order chi connectivity index (χ1) is 5.45. The zero-order valence-corrected chi connectivity index (χ0v) is 6.20. The molecule has 11 heavy (non-hydrogen) atoms. The molecule has 0 radical (unpaired) electrons. The topological polar surface area (TPSA) is 0 Å². The predicted octanol–water partition coefficient (Wildman–Crippen LogP) is 3.12. The van der Waals surface area contributed by atoms with Gasteiger partial charge in [0.25, 0.3) is 0 Å². The Bertz CT molecular complexity index is 303. The van der Waals surface area contributed by atoms with E-state index in [4.69, 9.17) is 0 Å². The summed E-state index contributed by atoms with van der Waals surface area (Å²) in [5.41, 5.74) is 0. The van der Waals surface area contributed by atoms with Crippen LogP contribution in [-0.4, -0.2) is 0 Å². The number of hydrogen-bond donors (Lipinski definition) is 0. The molecule has 0 saturated heterocycles. The van der Waals surface area contributed by atoms with Crippen LogP contribution in [0.1, 0.15) is 0 Å². The summed E-state index contributed by atoms with van der Waals surface area (Å²) in [6, 6.07) is 18.8. The lowest BCUT2D eigenvalue weighted by atomic mass is 10.3. The fraction of sp³-hybridized carbons (Fsp3) is 0. The van der Waals surface area contributed by atoms with Crippen molar-refractivity contribution in [2.45, 2.75) is 0 Å². The van der Waals surface area contributed by atoms with Crippen molar-refractivity contribution in [1.29, 1.82) is 0 Å².